The molecule has 6 heteroatoms. The zero-order chi connectivity index (χ0) is 18.6. The summed E-state index contributed by atoms with van der Waals surface area (Å²) in [4.78, 5) is 23.5. The first kappa shape index (κ1) is 18.3. The predicted octanol–water partition coefficient (Wildman–Crippen LogP) is 3.12. The number of carbonyl (C=O) groups excluding carboxylic acids is 2. The topological polar surface area (TPSA) is 84.9 Å². The molecule has 0 bridgehead atoms. The molecule has 0 saturated carbocycles. The third-order valence-electron chi connectivity index (χ3n) is 3.82. The third kappa shape index (κ3) is 4.50. The number of phenols is 1. The largest absolute Gasteiger partial charge is 0.506 e. The Morgan fingerprint density at radius 2 is 1.84 bits per heavy atom. The predicted molar refractivity (Wildman–Crippen MR) is 94.2 cm³/mol. The van der Waals surface area contributed by atoms with Crippen molar-refractivity contribution in [1.82, 2.24) is 0 Å². The number of anilines is 1. The number of amides is 1. The molecule has 1 amide bonds. The van der Waals surface area contributed by atoms with Crippen LogP contribution in [0.15, 0.2) is 30.3 Å². The van der Waals surface area contributed by atoms with Gasteiger partial charge in [0, 0.05) is 0 Å². The van der Waals surface area contributed by atoms with Crippen LogP contribution in [0.2, 0.25) is 0 Å². The van der Waals surface area contributed by atoms with Crippen LogP contribution in [0.1, 0.15) is 27.0 Å². The van der Waals surface area contributed by atoms with Crippen LogP contribution in [0, 0.1) is 20.8 Å². The number of aromatic hydroxyl groups is 1. The van der Waals surface area contributed by atoms with E-state index < -0.39 is 11.9 Å². The van der Waals surface area contributed by atoms with Crippen LogP contribution in [-0.4, -0.2) is 30.7 Å². The molecule has 0 spiro atoms. The lowest BCUT2D eigenvalue weighted by Crippen LogP contribution is -2.20. The molecule has 2 aromatic carbocycles. The highest BCUT2D eigenvalue weighted by molar-refractivity contribution is 5.95. The molecular weight excluding hydrogens is 322 g/mol. The van der Waals surface area contributed by atoms with Gasteiger partial charge >= 0.3 is 5.97 Å². The summed E-state index contributed by atoms with van der Waals surface area (Å²) >= 11 is 0. The molecule has 6 nitrogen and oxygen atoms in total. The Morgan fingerprint density at radius 1 is 1.12 bits per heavy atom. The number of aryl methyl sites for hydroxylation is 2. The second-order valence-corrected chi connectivity index (χ2v) is 5.77. The van der Waals surface area contributed by atoms with Crippen LogP contribution in [-0.2, 0) is 9.53 Å². The van der Waals surface area contributed by atoms with Gasteiger partial charge in [-0.3, -0.25) is 4.79 Å². The van der Waals surface area contributed by atoms with E-state index in [1.165, 1.54) is 25.3 Å². The number of rotatable bonds is 5. The van der Waals surface area contributed by atoms with Gasteiger partial charge in [0.05, 0.1) is 18.4 Å². The summed E-state index contributed by atoms with van der Waals surface area (Å²) in [6, 6.07) is 8.04. The molecule has 132 valence electrons. The number of hydrogen-bond acceptors (Lipinski definition) is 5. The molecule has 0 radical (unpaired) electrons. The number of nitrogens with one attached hydrogen (secondary N) is 1. The van der Waals surface area contributed by atoms with Crippen molar-refractivity contribution in [3.05, 3.63) is 52.6 Å². The maximum atomic E-state index is 12.1. The standard InChI is InChI=1S/C19H21NO5/c1-11-7-12(2)13(3)17(8-11)25-10-18(22)20-15-6-5-14(9-16(15)21)19(23)24-4/h5-9,21H,10H2,1-4H3,(H,20,22). The fourth-order valence-corrected chi connectivity index (χ4v) is 2.36. The molecule has 25 heavy (non-hydrogen) atoms. The van der Waals surface area contributed by atoms with E-state index in [2.05, 4.69) is 10.1 Å². The van der Waals surface area contributed by atoms with Gasteiger partial charge in [-0.1, -0.05) is 6.07 Å². The minimum Gasteiger partial charge on any atom is -0.506 e. The average molecular weight is 343 g/mol. The van der Waals surface area contributed by atoms with Crippen LogP contribution < -0.4 is 10.1 Å². The lowest BCUT2D eigenvalue weighted by molar-refractivity contribution is -0.118. The minimum absolute atomic E-state index is 0.193. The van der Waals surface area contributed by atoms with E-state index in [0.29, 0.717) is 5.75 Å². The fraction of sp³-hybridized carbons (Fsp3) is 0.263. The van der Waals surface area contributed by atoms with E-state index in [0.717, 1.165) is 16.7 Å². The van der Waals surface area contributed by atoms with Crippen molar-refractivity contribution in [2.45, 2.75) is 20.8 Å². The SMILES string of the molecule is COC(=O)c1ccc(NC(=O)COc2cc(C)cc(C)c2C)c(O)c1. The summed E-state index contributed by atoms with van der Waals surface area (Å²) in [5.74, 6) is -0.557. The highest BCUT2D eigenvalue weighted by Gasteiger charge is 2.12. The summed E-state index contributed by atoms with van der Waals surface area (Å²) in [6.07, 6.45) is 0. The Kier molecular flexibility index (Phi) is 5.64. The second kappa shape index (κ2) is 7.70. The molecule has 0 aliphatic rings. The molecule has 0 fully saturated rings. The highest BCUT2D eigenvalue weighted by atomic mass is 16.5. The van der Waals surface area contributed by atoms with Gasteiger partial charge < -0.3 is 19.9 Å². The van der Waals surface area contributed by atoms with Crippen molar-refractivity contribution < 1.29 is 24.2 Å². The van der Waals surface area contributed by atoms with Gasteiger partial charge in [-0.05, 0) is 61.7 Å². The molecule has 0 atom stereocenters. The smallest absolute Gasteiger partial charge is 0.337 e. The minimum atomic E-state index is -0.568. The van der Waals surface area contributed by atoms with Crippen molar-refractivity contribution in [1.29, 1.82) is 0 Å². The monoisotopic (exact) mass is 343 g/mol. The van der Waals surface area contributed by atoms with E-state index in [-0.39, 0.29) is 23.6 Å². The molecule has 0 saturated heterocycles. The molecule has 0 aromatic heterocycles. The molecule has 0 aliphatic heterocycles. The molecular formula is C19H21NO5. The molecule has 2 rings (SSSR count). The van der Waals surface area contributed by atoms with E-state index in [1.807, 2.05) is 32.9 Å². The fourth-order valence-electron chi connectivity index (χ4n) is 2.36. The first-order valence-electron chi connectivity index (χ1n) is 7.73. The summed E-state index contributed by atoms with van der Waals surface area (Å²) < 4.78 is 10.2. The number of phenolic OH excluding ortho intramolecular Hbond substituents is 1. The van der Waals surface area contributed by atoms with Gasteiger partial charge in [0.1, 0.15) is 11.5 Å². The van der Waals surface area contributed by atoms with Crippen LogP contribution in [0.4, 0.5) is 5.69 Å². The Bertz CT molecular complexity index is 814. The van der Waals surface area contributed by atoms with Crippen molar-refractivity contribution in [2.75, 3.05) is 19.0 Å². The maximum Gasteiger partial charge on any atom is 0.337 e. The van der Waals surface area contributed by atoms with Crippen molar-refractivity contribution in [3.8, 4) is 11.5 Å². The van der Waals surface area contributed by atoms with E-state index in [9.17, 15) is 14.7 Å². The molecule has 2 aromatic rings. The first-order chi connectivity index (χ1) is 11.8. The molecule has 0 unspecified atom stereocenters. The second-order valence-electron chi connectivity index (χ2n) is 5.77. The van der Waals surface area contributed by atoms with Gasteiger partial charge in [-0.2, -0.15) is 0 Å². The summed E-state index contributed by atoms with van der Waals surface area (Å²) in [5, 5.41) is 12.5. The lowest BCUT2D eigenvalue weighted by Gasteiger charge is -2.13. The summed E-state index contributed by atoms with van der Waals surface area (Å²) in [5.41, 5.74) is 3.50. The number of esters is 1. The summed E-state index contributed by atoms with van der Waals surface area (Å²) in [7, 11) is 1.25. The lowest BCUT2D eigenvalue weighted by atomic mass is 10.1. The van der Waals surface area contributed by atoms with Crippen LogP contribution >= 0.6 is 0 Å². The van der Waals surface area contributed by atoms with Crippen LogP contribution in [0.3, 0.4) is 0 Å². The van der Waals surface area contributed by atoms with Gasteiger partial charge in [0.25, 0.3) is 5.91 Å². The Balaban J connectivity index is 2.02. The molecule has 0 aliphatic carbocycles. The van der Waals surface area contributed by atoms with Crippen molar-refractivity contribution in [2.24, 2.45) is 0 Å². The van der Waals surface area contributed by atoms with Crippen LogP contribution in [0.5, 0.6) is 11.5 Å². The highest BCUT2D eigenvalue weighted by Crippen LogP contribution is 2.25. The quantitative estimate of drug-likeness (QED) is 0.644. The summed E-state index contributed by atoms with van der Waals surface area (Å²) in [6.45, 7) is 5.68. The van der Waals surface area contributed by atoms with Gasteiger partial charge in [0.15, 0.2) is 6.61 Å². The van der Waals surface area contributed by atoms with Crippen molar-refractivity contribution in [3.63, 3.8) is 0 Å². The molecule has 0 heterocycles. The van der Waals surface area contributed by atoms with Gasteiger partial charge in [-0.15, -0.1) is 0 Å². The Labute approximate surface area is 146 Å². The zero-order valence-electron chi connectivity index (χ0n) is 14.7. The van der Waals surface area contributed by atoms with Gasteiger partial charge in [0.2, 0.25) is 0 Å². The zero-order valence-corrected chi connectivity index (χ0v) is 14.7. The van der Waals surface area contributed by atoms with E-state index in [4.69, 9.17) is 4.74 Å². The number of hydrogen-bond donors (Lipinski definition) is 2. The molecule has 2 N–H and O–H groups in total. The van der Waals surface area contributed by atoms with Crippen LogP contribution in [0.25, 0.3) is 0 Å². The van der Waals surface area contributed by atoms with Crippen molar-refractivity contribution >= 4 is 17.6 Å². The number of methoxy groups -OCH3 is 1. The Hall–Kier alpha value is -3.02. The third-order valence-corrected chi connectivity index (χ3v) is 3.82. The van der Waals surface area contributed by atoms with E-state index >= 15 is 0 Å². The number of benzene rings is 2. The average Bonchev–Trinajstić information content (AvgIpc) is 2.57. The maximum absolute atomic E-state index is 12.1. The van der Waals surface area contributed by atoms with E-state index in [1.54, 1.807) is 0 Å². The number of carbonyl (C=O) groups is 2. The normalized spacial score (nSPS) is 10.2. The van der Waals surface area contributed by atoms with Gasteiger partial charge in [-0.25, -0.2) is 4.79 Å². The Morgan fingerprint density at radius 3 is 2.48 bits per heavy atom. The first-order valence-corrected chi connectivity index (χ1v) is 7.73. The number of ether oxygens (including phenoxy) is 2.